The summed E-state index contributed by atoms with van der Waals surface area (Å²) in [4.78, 5) is 22.3. The minimum atomic E-state index is -1.25. The summed E-state index contributed by atoms with van der Waals surface area (Å²) in [6.07, 6.45) is 1.32. The van der Waals surface area contributed by atoms with E-state index in [1.54, 1.807) is 30.3 Å². The van der Waals surface area contributed by atoms with Crippen molar-refractivity contribution in [3.63, 3.8) is 0 Å². The highest BCUT2D eigenvalue weighted by molar-refractivity contribution is 5.96. The maximum atomic E-state index is 12.9. The van der Waals surface area contributed by atoms with Crippen LogP contribution in [0.2, 0.25) is 0 Å². The number of aliphatic carboxylic acids is 1. The summed E-state index contributed by atoms with van der Waals surface area (Å²) >= 11 is 0. The van der Waals surface area contributed by atoms with Crippen molar-refractivity contribution in [2.24, 2.45) is 0 Å². The zero-order chi connectivity index (χ0) is 19.1. The molecule has 0 saturated heterocycles. The van der Waals surface area contributed by atoms with E-state index in [-0.39, 0.29) is 18.1 Å². The number of rotatable bonds is 7. The molecular formula is C19H18FNO5. The lowest BCUT2D eigenvalue weighted by atomic mass is 10.1. The van der Waals surface area contributed by atoms with Crippen LogP contribution in [0.15, 0.2) is 48.2 Å². The molecule has 7 heteroatoms. The highest BCUT2D eigenvalue weighted by atomic mass is 19.1. The number of amides is 1. The second-order valence-corrected chi connectivity index (χ2v) is 5.37. The Hall–Kier alpha value is -3.35. The van der Waals surface area contributed by atoms with Gasteiger partial charge >= 0.3 is 5.97 Å². The summed E-state index contributed by atoms with van der Waals surface area (Å²) in [5.74, 6) is -1.21. The summed E-state index contributed by atoms with van der Waals surface area (Å²) in [6.45, 7) is 1.45. The number of carboxylic acids is 1. The van der Waals surface area contributed by atoms with Crippen molar-refractivity contribution in [3.05, 3.63) is 65.1 Å². The van der Waals surface area contributed by atoms with Crippen molar-refractivity contribution < 1.29 is 28.6 Å². The van der Waals surface area contributed by atoms with Crippen LogP contribution < -0.4 is 14.8 Å². The standard InChI is InChI=1S/C19H18FNO5/c1-12(22)21-16(19(23)24)9-14-5-8-17(18(10-14)25-2)26-11-13-3-6-15(20)7-4-13/h3-10H,11H2,1-2H3,(H,21,22)(H,23,24)/b16-9+. The smallest absolute Gasteiger partial charge is 0.352 e. The van der Waals surface area contributed by atoms with Crippen LogP contribution in [0.5, 0.6) is 11.5 Å². The number of hydrogen-bond donors (Lipinski definition) is 2. The average Bonchev–Trinajstić information content (AvgIpc) is 2.60. The molecule has 0 radical (unpaired) electrons. The summed E-state index contributed by atoms with van der Waals surface area (Å²) in [7, 11) is 1.46. The molecule has 0 aliphatic heterocycles. The molecule has 0 heterocycles. The van der Waals surface area contributed by atoms with Gasteiger partial charge in [0.1, 0.15) is 18.1 Å². The van der Waals surface area contributed by atoms with Gasteiger partial charge in [0.15, 0.2) is 11.5 Å². The second kappa shape index (κ2) is 8.66. The van der Waals surface area contributed by atoms with Gasteiger partial charge in [-0.2, -0.15) is 0 Å². The molecule has 0 aliphatic carbocycles. The number of ether oxygens (including phenoxy) is 2. The van der Waals surface area contributed by atoms with E-state index in [4.69, 9.17) is 14.6 Å². The molecule has 2 rings (SSSR count). The molecule has 0 unspecified atom stereocenters. The molecule has 2 N–H and O–H groups in total. The lowest BCUT2D eigenvalue weighted by Crippen LogP contribution is -2.24. The lowest BCUT2D eigenvalue weighted by molar-refractivity contribution is -0.134. The maximum absolute atomic E-state index is 12.9. The third kappa shape index (κ3) is 5.34. The zero-order valence-corrected chi connectivity index (χ0v) is 14.3. The van der Waals surface area contributed by atoms with E-state index >= 15 is 0 Å². The van der Waals surface area contributed by atoms with Crippen LogP contribution in [0.4, 0.5) is 4.39 Å². The summed E-state index contributed by atoms with van der Waals surface area (Å²) in [6, 6.07) is 10.8. The van der Waals surface area contributed by atoms with Gasteiger partial charge in [-0.05, 0) is 41.5 Å². The van der Waals surface area contributed by atoms with Crippen molar-refractivity contribution in [1.82, 2.24) is 5.32 Å². The van der Waals surface area contributed by atoms with Gasteiger partial charge in [-0.25, -0.2) is 9.18 Å². The van der Waals surface area contributed by atoms with Crippen LogP contribution in [-0.4, -0.2) is 24.1 Å². The number of halogens is 1. The van der Waals surface area contributed by atoms with Crippen molar-refractivity contribution in [2.45, 2.75) is 13.5 Å². The molecule has 0 saturated carbocycles. The zero-order valence-electron chi connectivity index (χ0n) is 14.3. The van der Waals surface area contributed by atoms with E-state index in [1.807, 2.05) is 0 Å². The molecule has 0 aromatic heterocycles. The molecule has 0 bridgehead atoms. The molecule has 0 fully saturated rings. The quantitative estimate of drug-likeness (QED) is 0.743. The van der Waals surface area contributed by atoms with Gasteiger partial charge < -0.3 is 19.9 Å². The van der Waals surface area contributed by atoms with E-state index in [0.717, 1.165) is 5.56 Å². The second-order valence-electron chi connectivity index (χ2n) is 5.37. The molecule has 6 nitrogen and oxygen atoms in total. The van der Waals surface area contributed by atoms with E-state index in [0.29, 0.717) is 17.1 Å². The number of hydrogen-bond acceptors (Lipinski definition) is 4. The Kier molecular flexibility index (Phi) is 6.32. The van der Waals surface area contributed by atoms with Gasteiger partial charge in [-0.1, -0.05) is 18.2 Å². The Morgan fingerprint density at radius 3 is 2.42 bits per heavy atom. The predicted octanol–water partition coefficient (Wildman–Crippen LogP) is 2.97. The van der Waals surface area contributed by atoms with Gasteiger partial charge in [0.25, 0.3) is 0 Å². The van der Waals surface area contributed by atoms with Crippen molar-refractivity contribution in [3.8, 4) is 11.5 Å². The first-order chi connectivity index (χ1) is 12.4. The summed E-state index contributed by atoms with van der Waals surface area (Å²) in [5, 5.41) is 11.4. The van der Waals surface area contributed by atoms with Crippen LogP contribution in [0.3, 0.4) is 0 Å². The van der Waals surface area contributed by atoms with Crippen molar-refractivity contribution >= 4 is 18.0 Å². The number of carbonyl (C=O) groups is 2. The molecule has 0 aliphatic rings. The number of carboxylic acid groups (broad SMARTS) is 1. The number of methoxy groups -OCH3 is 1. The van der Waals surface area contributed by atoms with E-state index in [1.165, 1.54) is 32.2 Å². The third-order valence-electron chi connectivity index (χ3n) is 3.35. The van der Waals surface area contributed by atoms with Crippen LogP contribution in [0, 0.1) is 5.82 Å². The molecule has 0 atom stereocenters. The molecule has 136 valence electrons. The average molecular weight is 359 g/mol. The van der Waals surface area contributed by atoms with Gasteiger partial charge in [-0.3, -0.25) is 4.79 Å². The Labute approximate surface area is 149 Å². The number of carbonyl (C=O) groups excluding carboxylic acids is 1. The third-order valence-corrected chi connectivity index (χ3v) is 3.35. The fourth-order valence-corrected chi connectivity index (χ4v) is 2.14. The van der Waals surface area contributed by atoms with Crippen LogP contribution >= 0.6 is 0 Å². The van der Waals surface area contributed by atoms with E-state index in [9.17, 15) is 14.0 Å². The number of benzene rings is 2. The largest absolute Gasteiger partial charge is 0.493 e. The first kappa shape index (κ1) is 19.0. The normalized spacial score (nSPS) is 11.0. The Bertz CT molecular complexity index is 830. The van der Waals surface area contributed by atoms with Crippen molar-refractivity contribution in [1.29, 1.82) is 0 Å². The summed E-state index contributed by atoms with van der Waals surface area (Å²) in [5.41, 5.74) is 1.05. The Balaban J connectivity index is 2.19. The Morgan fingerprint density at radius 2 is 1.85 bits per heavy atom. The summed E-state index contributed by atoms with van der Waals surface area (Å²) < 4.78 is 23.9. The highest BCUT2D eigenvalue weighted by Crippen LogP contribution is 2.29. The van der Waals surface area contributed by atoms with E-state index in [2.05, 4.69) is 5.32 Å². The fourth-order valence-electron chi connectivity index (χ4n) is 2.14. The minimum absolute atomic E-state index is 0.220. The van der Waals surface area contributed by atoms with Gasteiger partial charge in [-0.15, -0.1) is 0 Å². The molecule has 2 aromatic rings. The minimum Gasteiger partial charge on any atom is -0.493 e. The lowest BCUT2D eigenvalue weighted by Gasteiger charge is -2.12. The monoisotopic (exact) mass is 359 g/mol. The van der Waals surface area contributed by atoms with Crippen LogP contribution in [0.1, 0.15) is 18.1 Å². The highest BCUT2D eigenvalue weighted by Gasteiger charge is 2.11. The topological polar surface area (TPSA) is 84.9 Å². The van der Waals surface area contributed by atoms with E-state index < -0.39 is 11.9 Å². The predicted molar refractivity (Wildman–Crippen MR) is 93.2 cm³/mol. The molecule has 1 amide bonds. The fraction of sp³-hybridized carbons (Fsp3) is 0.158. The molecule has 2 aromatic carbocycles. The van der Waals surface area contributed by atoms with Crippen LogP contribution in [0.25, 0.3) is 6.08 Å². The van der Waals surface area contributed by atoms with Crippen molar-refractivity contribution in [2.75, 3.05) is 7.11 Å². The first-order valence-corrected chi connectivity index (χ1v) is 7.67. The molecule has 26 heavy (non-hydrogen) atoms. The van der Waals surface area contributed by atoms with Gasteiger partial charge in [0.2, 0.25) is 5.91 Å². The van der Waals surface area contributed by atoms with Crippen LogP contribution in [-0.2, 0) is 16.2 Å². The maximum Gasteiger partial charge on any atom is 0.352 e. The first-order valence-electron chi connectivity index (χ1n) is 7.67. The number of nitrogens with one attached hydrogen (secondary N) is 1. The molecule has 0 spiro atoms. The van der Waals surface area contributed by atoms with Gasteiger partial charge in [0.05, 0.1) is 7.11 Å². The molecular weight excluding hydrogens is 341 g/mol. The Morgan fingerprint density at radius 1 is 1.15 bits per heavy atom. The SMILES string of the molecule is COc1cc(/C=C(/NC(C)=O)C(=O)O)ccc1OCc1ccc(F)cc1. The van der Waals surface area contributed by atoms with Gasteiger partial charge in [0, 0.05) is 6.92 Å².